The van der Waals surface area contributed by atoms with Crippen molar-refractivity contribution in [2.45, 2.75) is 0 Å². The number of hydrogen-bond donors (Lipinski definition) is 1. The standard InChI is InChI=1S/C13H18ClN5O3/c14-11-10(9-15-16-12(11)20)17-1-3-18(4-2-17)13(21)19-5-7-22-8-6-19/h9H,1-8H2,(H,16,20). The monoisotopic (exact) mass is 327 g/mol. The van der Waals surface area contributed by atoms with Crippen LogP contribution in [0.15, 0.2) is 11.0 Å². The van der Waals surface area contributed by atoms with Crippen LogP contribution in [0.25, 0.3) is 0 Å². The molecule has 1 N–H and O–H groups in total. The Hall–Kier alpha value is -1.80. The Kier molecular flexibility index (Phi) is 4.49. The zero-order valence-electron chi connectivity index (χ0n) is 12.1. The molecule has 0 aromatic carbocycles. The molecule has 0 bridgehead atoms. The van der Waals surface area contributed by atoms with Gasteiger partial charge in [0.15, 0.2) is 0 Å². The van der Waals surface area contributed by atoms with E-state index in [0.29, 0.717) is 58.2 Å². The summed E-state index contributed by atoms with van der Waals surface area (Å²) in [6, 6.07) is 0.0538. The first-order valence-corrected chi connectivity index (χ1v) is 7.64. The molecule has 1 aromatic rings. The maximum Gasteiger partial charge on any atom is 0.320 e. The topological polar surface area (TPSA) is 81.8 Å². The highest BCUT2D eigenvalue weighted by molar-refractivity contribution is 6.33. The number of aromatic nitrogens is 2. The molecule has 0 unspecified atom stereocenters. The minimum absolute atomic E-state index is 0.0538. The maximum absolute atomic E-state index is 12.4. The number of aromatic amines is 1. The fraction of sp³-hybridized carbons (Fsp3) is 0.615. The van der Waals surface area contributed by atoms with E-state index in [0.717, 1.165) is 0 Å². The van der Waals surface area contributed by atoms with Gasteiger partial charge in [-0.2, -0.15) is 5.10 Å². The number of nitrogens with zero attached hydrogens (tertiary/aromatic N) is 4. The second kappa shape index (κ2) is 6.53. The van der Waals surface area contributed by atoms with Crippen molar-refractivity contribution in [3.63, 3.8) is 0 Å². The summed E-state index contributed by atoms with van der Waals surface area (Å²) in [5.74, 6) is 0. The smallest absolute Gasteiger partial charge is 0.320 e. The third-order valence-electron chi connectivity index (χ3n) is 3.95. The van der Waals surface area contributed by atoms with Gasteiger partial charge in [0.05, 0.1) is 25.1 Å². The molecule has 2 amide bonds. The third kappa shape index (κ3) is 3.02. The molecular weight excluding hydrogens is 310 g/mol. The number of carbonyl (C=O) groups excluding carboxylic acids is 1. The second-order valence-corrected chi connectivity index (χ2v) is 5.63. The van der Waals surface area contributed by atoms with Crippen LogP contribution in [0, 0.1) is 0 Å². The number of hydrogen-bond acceptors (Lipinski definition) is 5. The van der Waals surface area contributed by atoms with Crippen molar-refractivity contribution in [1.29, 1.82) is 0 Å². The Morgan fingerprint density at radius 3 is 2.45 bits per heavy atom. The van der Waals surface area contributed by atoms with Crippen molar-refractivity contribution < 1.29 is 9.53 Å². The van der Waals surface area contributed by atoms with Gasteiger partial charge in [0.1, 0.15) is 5.02 Å². The molecule has 2 saturated heterocycles. The number of amides is 2. The largest absolute Gasteiger partial charge is 0.378 e. The van der Waals surface area contributed by atoms with Gasteiger partial charge < -0.3 is 19.4 Å². The minimum atomic E-state index is -0.397. The molecule has 22 heavy (non-hydrogen) atoms. The zero-order chi connectivity index (χ0) is 15.5. The van der Waals surface area contributed by atoms with E-state index in [2.05, 4.69) is 10.2 Å². The van der Waals surface area contributed by atoms with Gasteiger partial charge in [-0.3, -0.25) is 4.79 Å². The highest BCUT2D eigenvalue weighted by atomic mass is 35.5. The maximum atomic E-state index is 12.4. The van der Waals surface area contributed by atoms with Crippen LogP contribution >= 0.6 is 11.6 Å². The van der Waals surface area contributed by atoms with E-state index in [1.165, 1.54) is 0 Å². The zero-order valence-corrected chi connectivity index (χ0v) is 12.9. The molecule has 2 aliphatic rings. The Morgan fingerprint density at radius 2 is 1.77 bits per heavy atom. The number of morpholine rings is 1. The Balaban J connectivity index is 1.61. The first-order valence-electron chi connectivity index (χ1n) is 7.26. The summed E-state index contributed by atoms with van der Waals surface area (Å²) in [6.45, 7) is 4.92. The fourth-order valence-corrected chi connectivity index (χ4v) is 2.90. The van der Waals surface area contributed by atoms with Crippen molar-refractivity contribution in [2.75, 3.05) is 57.4 Å². The Labute approximate surface area is 132 Å². The number of H-pyrrole nitrogens is 1. The lowest BCUT2D eigenvalue weighted by Crippen LogP contribution is -2.55. The molecule has 2 aliphatic heterocycles. The van der Waals surface area contributed by atoms with Crippen molar-refractivity contribution in [3.8, 4) is 0 Å². The number of urea groups is 1. The number of ether oxygens (including phenoxy) is 1. The fourth-order valence-electron chi connectivity index (χ4n) is 2.69. The number of halogens is 1. The molecule has 3 rings (SSSR count). The molecule has 0 spiro atoms. The molecule has 1 aromatic heterocycles. The molecule has 8 nitrogen and oxygen atoms in total. The van der Waals surface area contributed by atoms with Gasteiger partial charge in [0, 0.05) is 39.3 Å². The van der Waals surface area contributed by atoms with Crippen LogP contribution in [-0.4, -0.2) is 78.5 Å². The first kappa shape index (κ1) is 15.1. The van der Waals surface area contributed by atoms with E-state index in [-0.39, 0.29) is 11.1 Å². The van der Waals surface area contributed by atoms with Crippen LogP contribution in [-0.2, 0) is 4.74 Å². The molecule has 0 radical (unpaired) electrons. The summed E-state index contributed by atoms with van der Waals surface area (Å²) >= 11 is 6.02. The molecule has 3 heterocycles. The number of piperazine rings is 1. The quantitative estimate of drug-likeness (QED) is 0.785. The van der Waals surface area contributed by atoms with Crippen molar-refractivity contribution in [1.82, 2.24) is 20.0 Å². The summed E-state index contributed by atoms with van der Waals surface area (Å²) in [5.41, 5.74) is 0.217. The first-order chi connectivity index (χ1) is 10.7. The minimum Gasteiger partial charge on any atom is -0.378 e. The van der Waals surface area contributed by atoms with Gasteiger partial charge in [-0.05, 0) is 0 Å². The van der Waals surface area contributed by atoms with Gasteiger partial charge in [0.2, 0.25) is 0 Å². The van der Waals surface area contributed by atoms with Crippen molar-refractivity contribution in [3.05, 3.63) is 21.6 Å². The van der Waals surface area contributed by atoms with Crippen molar-refractivity contribution in [2.24, 2.45) is 0 Å². The lowest BCUT2D eigenvalue weighted by molar-refractivity contribution is 0.0428. The average Bonchev–Trinajstić information content (AvgIpc) is 2.58. The van der Waals surface area contributed by atoms with E-state index in [1.807, 2.05) is 14.7 Å². The van der Waals surface area contributed by atoms with Gasteiger partial charge >= 0.3 is 6.03 Å². The summed E-state index contributed by atoms with van der Waals surface area (Å²) < 4.78 is 5.26. The van der Waals surface area contributed by atoms with Gasteiger partial charge in [-0.15, -0.1) is 0 Å². The lowest BCUT2D eigenvalue weighted by atomic mass is 10.3. The number of anilines is 1. The van der Waals surface area contributed by atoms with E-state index in [4.69, 9.17) is 16.3 Å². The third-order valence-corrected chi connectivity index (χ3v) is 4.31. The summed E-state index contributed by atoms with van der Waals surface area (Å²) in [4.78, 5) is 29.5. The van der Waals surface area contributed by atoms with E-state index in [1.54, 1.807) is 6.20 Å². The predicted octanol–water partition coefficient (Wildman–Crippen LogP) is -0.00250. The summed E-state index contributed by atoms with van der Waals surface area (Å²) in [5, 5.41) is 6.23. The lowest BCUT2D eigenvalue weighted by Gasteiger charge is -2.39. The van der Waals surface area contributed by atoms with Crippen LogP contribution in [0.2, 0.25) is 5.02 Å². The van der Waals surface area contributed by atoms with Crippen LogP contribution in [0.1, 0.15) is 0 Å². The Morgan fingerprint density at radius 1 is 1.14 bits per heavy atom. The SMILES string of the molecule is O=C(N1CCOCC1)N1CCN(c2cn[nH]c(=O)c2Cl)CC1. The van der Waals surface area contributed by atoms with Crippen LogP contribution in [0.4, 0.5) is 10.5 Å². The van der Waals surface area contributed by atoms with Crippen molar-refractivity contribution >= 4 is 23.3 Å². The average molecular weight is 328 g/mol. The Bertz CT molecular complexity index is 594. The summed E-state index contributed by atoms with van der Waals surface area (Å²) in [7, 11) is 0. The van der Waals surface area contributed by atoms with Gasteiger partial charge in [0.25, 0.3) is 5.56 Å². The molecule has 2 fully saturated rings. The van der Waals surface area contributed by atoms with Gasteiger partial charge in [-0.1, -0.05) is 11.6 Å². The predicted molar refractivity (Wildman–Crippen MR) is 81.4 cm³/mol. The molecule has 0 saturated carbocycles. The summed E-state index contributed by atoms with van der Waals surface area (Å²) in [6.07, 6.45) is 1.54. The second-order valence-electron chi connectivity index (χ2n) is 5.25. The van der Waals surface area contributed by atoms with Gasteiger partial charge in [-0.25, -0.2) is 9.89 Å². The molecule has 0 aliphatic carbocycles. The van der Waals surface area contributed by atoms with E-state index in [9.17, 15) is 9.59 Å². The van der Waals surface area contributed by atoms with Crippen LogP contribution < -0.4 is 10.5 Å². The molecule has 0 atom stereocenters. The molecule has 9 heteroatoms. The number of carbonyl (C=O) groups is 1. The number of rotatable bonds is 1. The van der Waals surface area contributed by atoms with E-state index < -0.39 is 5.56 Å². The highest BCUT2D eigenvalue weighted by Gasteiger charge is 2.27. The molecule has 120 valence electrons. The normalized spacial score (nSPS) is 19.4. The van der Waals surface area contributed by atoms with E-state index >= 15 is 0 Å². The highest BCUT2D eigenvalue weighted by Crippen LogP contribution is 2.22. The number of nitrogens with one attached hydrogen (secondary N) is 1. The molecular formula is C13H18ClN5O3. The van der Waals surface area contributed by atoms with Crippen LogP contribution in [0.5, 0.6) is 0 Å². The van der Waals surface area contributed by atoms with Crippen LogP contribution in [0.3, 0.4) is 0 Å².